The number of benzene rings is 2. The maximum atomic E-state index is 12.4. The van der Waals surface area contributed by atoms with Gasteiger partial charge in [-0.2, -0.15) is 0 Å². The lowest BCUT2D eigenvalue weighted by molar-refractivity contribution is -0.384. The first kappa shape index (κ1) is 18.2. The van der Waals surface area contributed by atoms with Crippen molar-refractivity contribution < 1.29 is 19.3 Å². The molecule has 8 heteroatoms. The van der Waals surface area contributed by atoms with Crippen molar-refractivity contribution in [3.8, 4) is 0 Å². The van der Waals surface area contributed by atoms with Crippen LogP contribution in [0.3, 0.4) is 0 Å². The smallest absolute Gasteiger partial charge is 0.271 e. The number of hydrogen-bond acceptors (Lipinski definition) is 5. The highest BCUT2D eigenvalue weighted by Gasteiger charge is 2.28. The van der Waals surface area contributed by atoms with E-state index in [0.717, 1.165) is 5.56 Å². The van der Waals surface area contributed by atoms with Crippen LogP contribution in [0.5, 0.6) is 0 Å². The normalized spacial score (nSPS) is 13.7. The molecule has 0 spiro atoms. The van der Waals surface area contributed by atoms with Gasteiger partial charge < -0.3 is 5.32 Å². The van der Waals surface area contributed by atoms with Crippen LogP contribution >= 0.6 is 0 Å². The Morgan fingerprint density at radius 2 is 1.74 bits per heavy atom. The van der Waals surface area contributed by atoms with E-state index in [0.29, 0.717) is 16.8 Å². The third kappa shape index (κ3) is 4.00. The number of carbonyl (C=O) groups excluding carboxylic acids is 3. The molecular formula is C19H17N3O5. The Morgan fingerprint density at radius 1 is 1.11 bits per heavy atom. The number of carbonyl (C=O) groups is 3. The first-order valence-electron chi connectivity index (χ1n) is 8.33. The molecule has 0 aromatic heterocycles. The number of amides is 3. The third-order valence-electron chi connectivity index (χ3n) is 4.39. The maximum absolute atomic E-state index is 12.4. The van der Waals surface area contributed by atoms with E-state index in [-0.39, 0.29) is 36.9 Å². The van der Waals surface area contributed by atoms with Crippen molar-refractivity contribution in [2.75, 3.05) is 5.32 Å². The van der Waals surface area contributed by atoms with Crippen molar-refractivity contribution in [2.45, 2.75) is 26.3 Å². The molecule has 2 aromatic rings. The van der Waals surface area contributed by atoms with Gasteiger partial charge in [-0.3, -0.25) is 29.4 Å². The van der Waals surface area contributed by atoms with Gasteiger partial charge in [-0.05, 0) is 30.2 Å². The second-order valence-corrected chi connectivity index (χ2v) is 6.28. The van der Waals surface area contributed by atoms with Gasteiger partial charge in [0.2, 0.25) is 11.8 Å². The van der Waals surface area contributed by atoms with Crippen molar-refractivity contribution in [1.29, 1.82) is 0 Å². The number of nitro groups is 1. The summed E-state index contributed by atoms with van der Waals surface area (Å²) in [4.78, 5) is 47.3. The Balaban J connectivity index is 1.71. The average molecular weight is 367 g/mol. The zero-order chi connectivity index (χ0) is 19.6. The minimum absolute atomic E-state index is 0.105. The molecule has 0 radical (unpaired) electrons. The number of imide groups is 1. The van der Waals surface area contributed by atoms with E-state index >= 15 is 0 Å². The molecular weight excluding hydrogens is 350 g/mol. The lowest BCUT2D eigenvalue weighted by Crippen LogP contribution is -2.28. The minimum Gasteiger partial charge on any atom is -0.321 e. The third-order valence-corrected chi connectivity index (χ3v) is 4.39. The fourth-order valence-electron chi connectivity index (χ4n) is 2.80. The highest BCUT2D eigenvalue weighted by atomic mass is 16.6. The van der Waals surface area contributed by atoms with E-state index in [2.05, 4.69) is 5.32 Å². The number of hydrogen-bond donors (Lipinski definition) is 1. The van der Waals surface area contributed by atoms with Crippen LogP contribution in [-0.4, -0.2) is 27.5 Å². The molecule has 1 N–H and O–H groups in total. The van der Waals surface area contributed by atoms with E-state index in [1.54, 1.807) is 37.3 Å². The van der Waals surface area contributed by atoms with Crippen LogP contribution in [0.15, 0.2) is 42.5 Å². The molecule has 3 amide bonds. The topological polar surface area (TPSA) is 110 Å². The van der Waals surface area contributed by atoms with E-state index < -0.39 is 10.8 Å². The summed E-state index contributed by atoms with van der Waals surface area (Å²) in [6.07, 6.45) is 0.476. The monoisotopic (exact) mass is 367 g/mol. The minimum atomic E-state index is -0.523. The summed E-state index contributed by atoms with van der Waals surface area (Å²) < 4.78 is 0. The highest BCUT2D eigenvalue weighted by Crippen LogP contribution is 2.23. The first-order chi connectivity index (χ1) is 12.8. The van der Waals surface area contributed by atoms with Crippen LogP contribution in [0.2, 0.25) is 0 Å². The highest BCUT2D eigenvalue weighted by molar-refractivity contribution is 6.05. The molecule has 0 aliphatic carbocycles. The van der Waals surface area contributed by atoms with Crippen LogP contribution < -0.4 is 5.32 Å². The molecule has 27 heavy (non-hydrogen) atoms. The number of aryl methyl sites for hydroxylation is 1. The fourth-order valence-corrected chi connectivity index (χ4v) is 2.80. The predicted molar refractivity (Wildman–Crippen MR) is 97.0 cm³/mol. The molecule has 3 rings (SSSR count). The number of nitrogens with zero attached hydrogens (tertiary/aromatic N) is 2. The van der Waals surface area contributed by atoms with Crippen LogP contribution in [0.1, 0.15) is 34.3 Å². The predicted octanol–water partition coefficient (Wildman–Crippen LogP) is 2.80. The number of nitro benzene ring substituents is 1. The van der Waals surface area contributed by atoms with E-state index in [1.165, 1.54) is 17.0 Å². The SMILES string of the molecule is Cc1ccc([N+](=O)[O-])cc1NC(=O)c1ccc(CN2C(=O)CCC2=O)cc1. The number of likely N-dealkylation sites (tertiary alicyclic amines) is 1. The van der Waals surface area contributed by atoms with Gasteiger partial charge in [0.05, 0.1) is 17.2 Å². The zero-order valence-corrected chi connectivity index (χ0v) is 14.6. The average Bonchev–Trinajstić information content (AvgIpc) is 2.96. The fraction of sp³-hybridized carbons (Fsp3) is 0.211. The molecule has 0 saturated carbocycles. The number of non-ortho nitro benzene ring substituents is 1. The van der Waals surface area contributed by atoms with Gasteiger partial charge >= 0.3 is 0 Å². The van der Waals surface area contributed by atoms with E-state index in [4.69, 9.17) is 0 Å². The summed E-state index contributed by atoms with van der Waals surface area (Å²) in [5, 5.41) is 13.6. The molecule has 0 unspecified atom stereocenters. The van der Waals surface area contributed by atoms with Gasteiger partial charge in [0, 0.05) is 30.5 Å². The van der Waals surface area contributed by atoms with Crippen LogP contribution in [-0.2, 0) is 16.1 Å². The Morgan fingerprint density at radius 3 is 2.33 bits per heavy atom. The Bertz CT molecular complexity index is 921. The molecule has 0 bridgehead atoms. The van der Waals surface area contributed by atoms with Gasteiger partial charge in [0.15, 0.2) is 0 Å². The summed E-state index contributed by atoms with van der Waals surface area (Å²) in [6, 6.07) is 10.8. The standard InChI is InChI=1S/C19H17N3O5/c1-12-2-7-15(22(26)27)10-16(12)20-19(25)14-5-3-13(4-6-14)11-21-17(23)8-9-18(21)24/h2-7,10H,8-9,11H2,1H3,(H,20,25). The quantitative estimate of drug-likeness (QED) is 0.496. The van der Waals surface area contributed by atoms with Crippen LogP contribution in [0, 0.1) is 17.0 Å². The summed E-state index contributed by atoms with van der Waals surface area (Å²) >= 11 is 0. The first-order valence-corrected chi connectivity index (χ1v) is 8.33. The molecule has 0 atom stereocenters. The molecule has 1 heterocycles. The second kappa shape index (κ2) is 7.36. The summed E-state index contributed by atoms with van der Waals surface area (Å²) in [6.45, 7) is 1.93. The van der Waals surface area contributed by atoms with Gasteiger partial charge in [-0.15, -0.1) is 0 Å². The zero-order valence-electron chi connectivity index (χ0n) is 14.6. The lowest BCUT2D eigenvalue weighted by atomic mass is 10.1. The molecule has 1 aliphatic heterocycles. The molecule has 138 valence electrons. The summed E-state index contributed by atoms with van der Waals surface area (Å²) in [7, 11) is 0. The van der Waals surface area contributed by atoms with Crippen molar-refractivity contribution in [3.05, 3.63) is 69.3 Å². The molecule has 1 aliphatic rings. The van der Waals surface area contributed by atoms with Gasteiger partial charge in [0.1, 0.15) is 0 Å². The van der Waals surface area contributed by atoms with Gasteiger partial charge in [-0.1, -0.05) is 18.2 Å². The summed E-state index contributed by atoms with van der Waals surface area (Å²) in [5.41, 5.74) is 2.07. The Kier molecular flexibility index (Phi) is 4.98. The molecule has 8 nitrogen and oxygen atoms in total. The van der Waals surface area contributed by atoms with Crippen molar-refractivity contribution in [2.24, 2.45) is 0 Å². The van der Waals surface area contributed by atoms with Crippen LogP contribution in [0.25, 0.3) is 0 Å². The Labute approximate surface area is 154 Å². The largest absolute Gasteiger partial charge is 0.321 e. The Hall–Kier alpha value is -3.55. The van der Waals surface area contributed by atoms with Gasteiger partial charge in [-0.25, -0.2) is 0 Å². The molecule has 1 fully saturated rings. The second-order valence-electron chi connectivity index (χ2n) is 6.28. The number of nitrogens with one attached hydrogen (secondary N) is 1. The van der Waals surface area contributed by atoms with E-state index in [9.17, 15) is 24.5 Å². The van der Waals surface area contributed by atoms with Crippen molar-refractivity contribution in [3.63, 3.8) is 0 Å². The number of rotatable bonds is 5. The molecule has 1 saturated heterocycles. The van der Waals surface area contributed by atoms with E-state index in [1.807, 2.05) is 0 Å². The van der Waals surface area contributed by atoms with Crippen LogP contribution in [0.4, 0.5) is 11.4 Å². The number of anilines is 1. The lowest BCUT2D eigenvalue weighted by Gasteiger charge is -2.14. The van der Waals surface area contributed by atoms with Gasteiger partial charge in [0.25, 0.3) is 11.6 Å². The van der Waals surface area contributed by atoms with Crippen molar-refractivity contribution in [1.82, 2.24) is 4.90 Å². The summed E-state index contributed by atoms with van der Waals surface area (Å²) in [5.74, 6) is -0.788. The maximum Gasteiger partial charge on any atom is 0.271 e. The molecule has 2 aromatic carbocycles. The van der Waals surface area contributed by atoms with Crippen molar-refractivity contribution >= 4 is 29.1 Å².